The van der Waals surface area contributed by atoms with Gasteiger partial charge in [0.25, 0.3) is 0 Å². The highest BCUT2D eigenvalue weighted by atomic mass is 16.6. The zero-order valence-electron chi connectivity index (χ0n) is 15.1. The number of hydrogen-bond acceptors (Lipinski definition) is 6. The van der Waals surface area contributed by atoms with E-state index in [0.29, 0.717) is 19.8 Å². The minimum atomic E-state index is -0.282. The molecule has 0 radical (unpaired) electrons. The van der Waals surface area contributed by atoms with Crippen LogP contribution in [0.2, 0.25) is 0 Å². The Morgan fingerprint density at radius 1 is 0.917 bits per heavy atom. The van der Waals surface area contributed by atoms with Gasteiger partial charge >= 0.3 is 11.9 Å². The molecule has 0 aliphatic rings. The van der Waals surface area contributed by atoms with Crippen LogP contribution in [0.25, 0.3) is 0 Å². The van der Waals surface area contributed by atoms with Gasteiger partial charge < -0.3 is 18.9 Å². The normalized spacial score (nSPS) is 12.4. The first-order chi connectivity index (χ1) is 11.3. The van der Waals surface area contributed by atoms with Gasteiger partial charge in [-0.2, -0.15) is 0 Å². The predicted molar refractivity (Wildman–Crippen MR) is 90.4 cm³/mol. The lowest BCUT2D eigenvalue weighted by atomic mass is 10.2. The van der Waals surface area contributed by atoms with E-state index in [1.54, 1.807) is 7.11 Å². The average Bonchev–Trinajstić information content (AvgIpc) is 2.57. The van der Waals surface area contributed by atoms with Crippen LogP contribution >= 0.6 is 0 Å². The second-order valence-electron chi connectivity index (χ2n) is 5.26. The number of rotatable bonds is 8. The van der Waals surface area contributed by atoms with E-state index in [-0.39, 0.29) is 24.1 Å². The second-order valence-corrected chi connectivity index (χ2v) is 5.26. The van der Waals surface area contributed by atoms with E-state index in [1.807, 2.05) is 44.2 Å². The third-order valence-corrected chi connectivity index (χ3v) is 2.82. The molecule has 6 heteroatoms. The van der Waals surface area contributed by atoms with Crippen molar-refractivity contribution in [3.63, 3.8) is 0 Å². The van der Waals surface area contributed by atoms with Crippen LogP contribution in [0.4, 0.5) is 0 Å². The third kappa shape index (κ3) is 13.7. The fourth-order valence-corrected chi connectivity index (χ4v) is 1.41. The van der Waals surface area contributed by atoms with Gasteiger partial charge in [0.15, 0.2) is 0 Å². The molecule has 0 aliphatic carbocycles. The summed E-state index contributed by atoms with van der Waals surface area (Å²) in [6.07, 6.45) is -0.0127. The first kappa shape index (κ1) is 22.1. The SMILES string of the molecule is CC(=O)OCc1ccccc1.COC(C)COC(C)COC(C)=O. The summed E-state index contributed by atoms with van der Waals surface area (Å²) in [5.74, 6) is -0.524. The molecular weight excluding hydrogens is 312 g/mol. The van der Waals surface area contributed by atoms with Gasteiger partial charge in [-0.3, -0.25) is 9.59 Å². The minimum Gasteiger partial charge on any atom is -0.463 e. The molecule has 1 rings (SSSR count). The zero-order chi connectivity index (χ0) is 18.4. The van der Waals surface area contributed by atoms with Crippen LogP contribution in [0.15, 0.2) is 30.3 Å². The van der Waals surface area contributed by atoms with Crippen molar-refractivity contribution < 1.29 is 28.5 Å². The Balaban J connectivity index is 0.000000446. The van der Waals surface area contributed by atoms with Crippen LogP contribution in [-0.4, -0.2) is 44.5 Å². The molecule has 2 unspecified atom stereocenters. The van der Waals surface area contributed by atoms with Crippen LogP contribution in [0.3, 0.4) is 0 Å². The fourth-order valence-electron chi connectivity index (χ4n) is 1.41. The van der Waals surface area contributed by atoms with Crippen molar-refractivity contribution >= 4 is 11.9 Å². The lowest BCUT2D eigenvalue weighted by Crippen LogP contribution is -2.23. The molecule has 0 bridgehead atoms. The van der Waals surface area contributed by atoms with Gasteiger partial charge in [0.1, 0.15) is 13.2 Å². The standard InChI is InChI=1S/C9H18O4.C9H10O2/c1-7(11-4)5-12-8(2)6-13-9(3)10;1-8(10)11-7-9-5-3-2-4-6-9/h7-8H,5-6H2,1-4H3;2-6H,7H2,1H3. The maximum absolute atomic E-state index is 10.4. The van der Waals surface area contributed by atoms with Crippen LogP contribution < -0.4 is 0 Å². The number of benzene rings is 1. The largest absolute Gasteiger partial charge is 0.463 e. The summed E-state index contributed by atoms with van der Waals surface area (Å²) in [6.45, 7) is 7.73. The lowest BCUT2D eigenvalue weighted by Gasteiger charge is -2.15. The van der Waals surface area contributed by atoms with Crippen molar-refractivity contribution in [1.29, 1.82) is 0 Å². The summed E-state index contributed by atoms with van der Waals surface area (Å²) < 4.78 is 19.9. The molecule has 0 aliphatic heterocycles. The van der Waals surface area contributed by atoms with Gasteiger partial charge in [0.2, 0.25) is 0 Å². The number of methoxy groups -OCH3 is 1. The van der Waals surface area contributed by atoms with Crippen molar-refractivity contribution in [3.05, 3.63) is 35.9 Å². The van der Waals surface area contributed by atoms with E-state index in [4.69, 9.17) is 18.9 Å². The van der Waals surface area contributed by atoms with Crippen molar-refractivity contribution in [3.8, 4) is 0 Å². The molecule has 0 saturated carbocycles. The highest BCUT2D eigenvalue weighted by molar-refractivity contribution is 5.66. The summed E-state index contributed by atoms with van der Waals surface area (Å²) >= 11 is 0. The van der Waals surface area contributed by atoms with E-state index in [1.165, 1.54) is 13.8 Å². The molecule has 0 amide bonds. The number of carbonyl (C=O) groups is 2. The van der Waals surface area contributed by atoms with Gasteiger partial charge in [0.05, 0.1) is 18.8 Å². The number of carbonyl (C=O) groups excluding carboxylic acids is 2. The van der Waals surface area contributed by atoms with E-state index in [9.17, 15) is 9.59 Å². The van der Waals surface area contributed by atoms with E-state index >= 15 is 0 Å². The highest BCUT2D eigenvalue weighted by Gasteiger charge is 2.06. The van der Waals surface area contributed by atoms with E-state index < -0.39 is 0 Å². The van der Waals surface area contributed by atoms with Crippen molar-refractivity contribution in [2.45, 2.75) is 46.5 Å². The Labute approximate surface area is 144 Å². The number of hydrogen-bond donors (Lipinski definition) is 0. The Bertz CT molecular complexity index is 460. The molecule has 1 aromatic rings. The van der Waals surface area contributed by atoms with Gasteiger partial charge in [-0.15, -0.1) is 0 Å². The molecule has 0 fully saturated rings. The Kier molecular flexibility index (Phi) is 12.4. The van der Waals surface area contributed by atoms with E-state index in [0.717, 1.165) is 5.56 Å². The monoisotopic (exact) mass is 340 g/mol. The van der Waals surface area contributed by atoms with Crippen molar-refractivity contribution in [1.82, 2.24) is 0 Å². The maximum Gasteiger partial charge on any atom is 0.302 e. The molecule has 0 aromatic heterocycles. The topological polar surface area (TPSA) is 71.1 Å². The van der Waals surface area contributed by atoms with Crippen molar-refractivity contribution in [2.75, 3.05) is 20.3 Å². The minimum absolute atomic E-state index is 0.0692. The van der Waals surface area contributed by atoms with E-state index in [2.05, 4.69) is 0 Å². The summed E-state index contributed by atoms with van der Waals surface area (Å²) in [7, 11) is 1.63. The highest BCUT2D eigenvalue weighted by Crippen LogP contribution is 2.00. The van der Waals surface area contributed by atoms with Gasteiger partial charge in [-0.25, -0.2) is 0 Å². The summed E-state index contributed by atoms with van der Waals surface area (Å²) in [5, 5.41) is 0. The third-order valence-electron chi connectivity index (χ3n) is 2.82. The van der Waals surface area contributed by atoms with Gasteiger partial charge in [-0.1, -0.05) is 30.3 Å². The molecule has 0 spiro atoms. The molecule has 24 heavy (non-hydrogen) atoms. The molecule has 136 valence electrons. The molecule has 2 atom stereocenters. The average molecular weight is 340 g/mol. The molecule has 0 N–H and O–H groups in total. The molecule has 0 saturated heterocycles. The molecule has 6 nitrogen and oxygen atoms in total. The van der Waals surface area contributed by atoms with Gasteiger partial charge in [0, 0.05) is 21.0 Å². The van der Waals surface area contributed by atoms with Crippen molar-refractivity contribution in [2.24, 2.45) is 0 Å². The number of esters is 2. The lowest BCUT2D eigenvalue weighted by molar-refractivity contribution is -0.145. The summed E-state index contributed by atoms with van der Waals surface area (Å²) in [5.41, 5.74) is 1.02. The zero-order valence-corrected chi connectivity index (χ0v) is 15.1. The second kappa shape index (κ2) is 13.5. The maximum atomic E-state index is 10.4. The quantitative estimate of drug-likeness (QED) is 0.678. The molecular formula is C18H28O6. The first-order valence-electron chi connectivity index (χ1n) is 7.80. The summed E-state index contributed by atoms with van der Waals surface area (Å²) in [6, 6.07) is 9.60. The Morgan fingerprint density at radius 3 is 2.00 bits per heavy atom. The molecule has 1 aromatic carbocycles. The first-order valence-corrected chi connectivity index (χ1v) is 7.80. The number of ether oxygens (including phenoxy) is 4. The smallest absolute Gasteiger partial charge is 0.302 e. The molecule has 0 heterocycles. The van der Waals surface area contributed by atoms with Crippen LogP contribution in [0.1, 0.15) is 33.3 Å². The summed E-state index contributed by atoms with van der Waals surface area (Å²) in [4.78, 5) is 20.8. The van der Waals surface area contributed by atoms with Crippen LogP contribution in [0.5, 0.6) is 0 Å². The Hall–Kier alpha value is -1.92. The van der Waals surface area contributed by atoms with Gasteiger partial charge in [-0.05, 0) is 19.4 Å². The predicted octanol–water partition coefficient (Wildman–Crippen LogP) is 2.74. The fraction of sp³-hybridized carbons (Fsp3) is 0.556. The Morgan fingerprint density at radius 2 is 1.50 bits per heavy atom. The van der Waals surface area contributed by atoms with Crippen LogP contribution in [0, 0.1) is 0 Å². The van der Waals surface area contributed by atoms with Crippen LogP contribution in [-0.2, 0) is 35.1 Å².